The molecule has 0 radical (unpaired) electrons. The molecule has 2 saturated carbocycles. The lowest BCUT2D eigenvalue weighted by Gasteiger charge is -2.37. The van der Waals surface area contributed by atoms with Gasteiger partial charge >= 0.3 is 12.1 Å². The zero-order chi connectivity index (χ0) is 20.7. The third kappa shape index (κ3) is 2.63. The number of rotatable bonds is 3. The maximum Gasteiger partial charge on any atom is 0.471 e. The third-order valence-electron chi connectivity index (χ3n) is 6.66. The van der Waals surface area contributed by atoms with Crippen LogP contribution in [0.1, 0.15) is 6.42 Å². The van der Waals surface area contributed by atoms with Crippen molar-refractivity contribution in [1.82, 2.24) is 4.90 Å². The molecule has 1 aromatic carbocycles. The van der Waals surface area contributed by atoms with Gasteiger partial charge in [-0.1, -0.05) is 12.2 Å². The number of halogens is 4. The predicted molar refractivity (Wildman–Crippen MR) is 91.4 cm³/mol. The number of carbonyl (C=O) groups excluding carboxylic acids is 3. The van der Waals surface area contributed by atoms with Crippen molar-refractivity contribution in [3.05, 3.63) is 42.2 Å². The number of hydrogen-bond acceptors (Lipinski definition) is 3. The van der Waals surface area contributed by atoms with Crippen molar-refractivity contribution in [1.29, 1.82) is 0 Å². The van der Waals surface area contributed by atoms with Crippen LogP contribution >= 0.6 is 0 Å². The highest BCUT2D eigenvalue weighted by molar-refractivity contribution is 6.07. The molecule has 5 aliphatic rings. The molecule has 5 nitrogen and oxygen atoms in total. The standard InChI is InChI=1S/C20H16F4N2O3/c21-9-1-3-10(4-2-9)25(19(29)20(22,23)24)8-26-17(27)15-11-5-6-12(14-7-13(11)14)16(15)18(26)28/h1-6,11-16H,7-8H2. The Kier molecular flexibility index (Phi) is 3.73. The van der Waals surface area contributed by atoms with Gasteiger partial charge in [-0.05, 0) is 54.4 Å². The fourth-order valence-electron chi connectivity index (χ4n) is 5.34. The average Bonchev–Trinajstić information content (AvgIpc) is 3.46. The molecular formula is C20H16F4N2O3. The van der Waals surface area contributed by atoms with E-state index < -0.39 is 48.2 Å². The summed E-state index contributed by atoms with van der Waals surface area (Å²) >= 11 is 0. The van der Waals surface area contributed by atoms with E-state index in [-0.39, 0.29) is 17.5 Å². The Morgan fingerprint density at radius 3 is 2.00 bits per heavy atom. The Bertz CT molecular complexity index is 906. The summed E-state index contributed by atoms with van der Waals surface area (Å²) in [5, 5.41) is 0. The quantitative estimate of drug-likeness (QED) is 0.439. The number of amides is 3. The van der Waals surface area contributed by atoms with Crippen LogP contribution in [0.15, 0.2) is 36.4 Å². The summed E-state index contributed by atoms with van der Waals surface area (Å²) < 4.78 is 52.7. The number of carbonyl (C=O) groups is 3. The summed E-state index contributed by atoms with van der Waals surface area (Å²) in [7, 11) is 0. The van der Waals surface area contributed by atoms with Crippen LogP contribution in [0.3, 0.4) is 0 Å². The normalized spacial score (nSPS) is 34.3. The minimum absolute atomic E-state index is 0.0750. The van der Waals surface area contributed by atoms with Crippen LogP contribution in [-0.4, -0.2) is 35.5 Å². The first-order valence-electron chi connectivity index (χ1n) is 9.36. The molecule has 152 valence electrons. The van der Waals surface area contributed by atoms with E-state index in [4.69, 9.17) is 0 Å². The van der Waals surface area contributed by atoms with Gasteiger partial charge in [0.05, 0.1) is 11.8 Å². The molecule has 9 heteroatoms. The number of nitrogens with zero attached hydrogens (tertiary/aromatic N) is 2. The van der Waals surface area contributed by atoms with E-state index in [1.165, 1.54) is 0 Å². The van der Waals surface area contributed by atoms with Gasteiger partial charge in [0.2, 0.25) is 11.8 Å². The summed E-state index contributed by atoms with van der Waals surface area (Å²) in [5.41, 5.74) is -0.242. The van der Waals surface area contributed by atoms with Crippen molar-refractivity contribution in [2.45, 2.75) is 12.6 Å². The largest absolute Gasteiger partial charge is 0.471 e. The maximum atomic E-state index is 13.2. The van der Waals surface area contributed by atoms with Crippen molar-refractivity contribution in [3.63, 3.8) is 0 Å². The molecule has 3 amide bonds. The summed E-state index contributed by atoms with van der Waals surface area (Å²) in [4.78, 5) is 39.1. The molecular weight excluding hydrogens is 392 g/mol. The molecule has 0 aromatic heterocycles. The molecule has 0 spiro atoms. The SMILES string of the molecule is O=C1C2C3C=CC(C4CC34)C2C(=O)N1CN(C(=O)C(F)(F)F)c1ccc(F)cc1. The van der Waals surface area contributed by atoms with E-state index in [1.807, 2.05) is 12.2 Å². The fourth-order valence-corrected chi connectivity index (χ4v) is 5.34. The number of alkyl halides is 3. The Labute approximate surface area is 162 Å². The highest BCUT2D eigenvalue weighted by atomic mass is 19.4. The molecule has 4 aliphatic carbocycles. The van der Waals surface area contributed by atoms with E-state index in [0.29, 0.717) is 16.7 Å². The molecule has 2 bridgehead atoms. The third-order valence-corrected chi connectivity index (χ3v) is 6.66. The van der Waals surface area contributed by atoms with Gasteiger partial charge in [-0.15, -0.1) is 0 Å². The van der Waals surface area contributed by atoms with Crippen LogP contribution in [0.4, 0.5) is 23.2 Å². The Balaban J connectivity index is 1.46. The number of anilines is 1. The molecule has 1 heterocycles. The van der Waals surface area contributed by atoms with E-state index in [0.717, 1.165) is 35.6 Å². The molecule has 1 aromatic rings. The summed E-state index contributed by atoms with van der Waals surface area (Å²) in [5.74, 6) is -4.56. The monoisotopic (exact) mass is 408 g/mol. The average molecular weight is 408 g/mol. The number of hydrogen-bond donors (Lipinski definition) is 0. The van der Waals surface area contributed by atoms with Gasteiger partial charge in [-0.2, -0.15) is 13.2 Å². The number of imide groups is 1. The molecule has 1 saturated heterocycles. The van der Waals surface area contributed by atoms with Crippen molar-refractivity contribution in [2.24, 2.45) is 35.5 Å². The summed E-state index contributed by atoms with van der Waals surface area (Å²) in [6, 6.07) is 3.85. The van der Waals surface area contributed by atoms with Crippen molar-refractivity contribution in [2.75, 3.05) is 11.6 Å². The van der Waals surface area contributed by atoms with Crippen LogP contribution in [-0.2, 0) is 14.4 Å². The Morgan fingerprint density at radius 2 is 1.52 bits per heavy atom. The molecule has 3 fully saturated rings. The predicted octanol–water partition coefficient (Wildman–Crippen LogP) is 2.73. The van der Waals surface area contributed by atoms with Gasteiger partial charge in [-0.25, -0.2) is 4.39 Å². The van der Waals surface area contributed by atoms with Gasteiger partial charge in [0.15, 0.2) is 0 Å². The van der Waals surface area contributed by atoms with E-state index in [2.05, 4.69) is 0 Å². The number of benzene rings is 1. The molecule has 0 N–H and O–H groups in total. The van der Waals surface area contributed by atoms with Crippen molar-refractivity contribution >= 4 is 23.4 Å². The molecule has 6 atom stereocenters. The fraction of sp³-hybridized carbons (Fsp3) is 0.450. The second-order valence-electron chi connectivity index (χ2n) is 8.11. The van der Waals surface area contributed by atoms with Crippen LogP contribution in [0, 0.1) is 41.3 Å². The van der Waals surface area contributed by atoms with Gasteiger partial charge in [0.1, 0.15) is 12.5 Å². The Morgan fingerprint density at radius 1 is 1.00 bits per heavy atom. The van der Waals surface area contributed by atoms with Crippen LogP contribution in [0.25, 0.3) is 0 Å². The second-order valence-corrected chi connectivity index (χ2v) is 8.11. The van der Waals surface area contributed by atoms with Gasteiger partial charge in [-0.3, -0.25) is 24.2 Å². The van der Waals surface area contributed by atoms with Crippen molar-refractivity contribution in [3.8, 4) is 0 Å². The minimum Gasteiger partial charge on any atom is -0.286 e. The van der Waals surface area contributed by atoms with Gasteiger partial charge in [0, 0.05) is 5.69 Å². The minimum atomic E-state index is -5.21. The highest BCUT2D eigenvalue weighted by Gasteiger charge is 2.67. The van der Waals surface area contributed by atoms with Crippen LogP contribution in [0.2, 0.25) is 0 Å². The smallest absolute Gasteiger partial charge is 0.286 e. The van der Waals surface area contributed by atoms with E-state index in [1.54, 1.807) is 0 Å². The lowest BCUT2D eigenvalue weighted by atomic mass is 9.63. The summed E-state index contributed by atoms with van der Waals surface area (Å²) in [6.07, 6.45) is -0.347. The lowest BCUT2D eigenvalue weighted by Crippen LogP contribution is -2.49. The molecule has 6 rings (SSSR count). The second kappa shape index (κ2) is 5.90. The maximum absolute atomic E-state index is 13.2. The van der Waals surface area contributed by atoms with Gasteiger partial charge < -0.3 is 0 Å². The zero-order valence-electron chi connectivity index (χ0n) is 15.0. The number of likely N-dealkylation sites (tertiary alicyclic amines) is 1. The first-order chi connectivity index (χ1) is 13.7. The number of allylic oxidation sites excluding steroid dienone is 2. The van der Waals surface area contributed by atoms with Crippen LogP contribution in [0.5, 0.6) is 0 Å². The molecule has 6 unspecified atom stereocenters. The topological polar surface area (TPSA) is 57.7 Å². The van der Waals surface area contributed by atoms with E-state index >= 15 is 0 Å². The molecule has 1 aliphatic heterocycles. The lowest BCUT2D eigenvalue weighted by molar-refractivity contribution is -0.171. The van der Waals surface area contributed by atoms with Crippen LogP contribution < -0.4 is 4.90 Å². The van der Waals surface area contributed by atoms with Crippen molar-refractivity contribution < 1.29 is 31.9 Å². The van der Waals surface area contributed by atoms with E-state index in [9.17, 15) is 31.9 Å². The first kappa shape index (κ1) is 18.3. The summed E-state index contributed by atoms with van der Waals surface area (Å²) in [6.45, 7) is -0.844. The first-order valence-corrected chi connectivity index (χ1v) is 9.36. The highest BCUT2D eigenvalue weighted by Crippen LogP contribution is 2.65. The molecule has 29 heavy (non-hydrogen) atoms. The zero-order valence-corrected chi connectivity index (χ0v) is 15.0. The van der Waals surface area contributed by atoms with Gasteiger partial charge in [0.25, 0.3) is 0 Å². The Hall–Kier alpha value is -2.71.